The molecule has 250 valence electrons. The fourth-order valence-electron chi connectivity index (χ4n) is 5.00. The molecule has 3 aromatic rings. The maximum atomic E-state index is 13.5. The van der Waals surface area contributed by atoms with E-state index in [4.69, 9.17) is 9.47 Å². The SMILES string of the molecule is COc1cc(/C=C2/SC(N3CCN(c4ccccc4C(F)(F)F)CC3)=NC2=O)ccc1OCc1ccc(C(F)(F)F)cc1C(F)(F)F. The van der Waals surface area contributed by atoms with E-state index in [0.717, 1.165) is 17.8 Å². The van der Waals surface area contributed by atoms with E-state index in [0.29, 0.717) is 36.0 Å². The van der Waals surface area contributed by atoms with Crippen LogP contribution in [-0.2, 0) is 29.9 Å². The summed E-state index contributed by atoms with van der Waals surface area (Å²) in [5, 5.41) is 0.397. The van der Waals surface area contributed by atoms with Gasteiger partial charge in [0.25, 0.3) is 5.91 Å². The maximum absolute atomic E-state index is 13.5. The number of carbonyl (C=O) groups excluding carboxylic acids is 1. The fourth-order valence-corrected chi connectivity index (χ4v) is 5.97. The van der Waals surface area contributed by atoms with Gasteiger partial charge in [-0.05, 0) is 59.8 Å². The van der Waals surface area contributed by atoms with Crippen molar-refractivity contribution in [2.45, 2.75) is 25.1 Å². The average molecular weight is 690 g/mol. The van der Waals surface area contributed by atoms with E-state index in [9.17, 15) is 44.3 Å². The number of halogens is 9. The van der Waals surface area contributed by atoms with Crippen molar-refractivity contribution in [1.82, 2.24) is 4.90 Å². The zero-order chi connectivity index (χ0) is 34.1. The van der Waals surface area contributed by atoms with Crippen LogP contribution in [0.15, 0.2) is 70.6 Å². The van der Waals surface area contributed by atoms with Crippen molar-refractivity contribution >= 4 is 34.6 Å². The molecule has 1 fully saturated rings. The van der Waals surface area contributed by atoms with Crippen LogP contribution in [0.25, 0.3) is 6.08 Å². The van der Waals surface area contributed by atoms with Gasteiger partial charge >= 0.3 is 18.5 Å². The summed E-state index contributed by atoms with van der Waals surface area (Å²) >= 11 is 1.09. The molecule has 0 unspecified atom stereocenters. The third kappa shape index (κ3) is 7.80. The fraction of sp³-hybridized carbons (Fsp3) is 0.290. The number of nitrogens with zero attached hydrogens (tertiary/aromatic N) is 3. The van der Waals surface area contributed by atoms with Crippen LogP contribution in [0.2, 0.25) is 0 Å². The number of hydrogen-bond donors (Lipinski definition) is 0. The number of amides is 1. The van der Waals surface area contributed by atoms with Crippen LogP contribution in [0, 0.1) is 0 Å². The molecule has 2 aliphatic heterocycles. The Morgan fingerprint density at radius 3 is 2.09 bits per heavy atom. The highest BCUT2D eigenvalue weighted by atomic mass is 32.2. The van der Waals surface area contributed by atoms with Gasteiger partial charge in [0.1, 0.15) is 6.61 Å². The van der Waals surface area contributed by atoms with Crippen LogP contribution in [-0.4, -0.2) is 49.3 Å². The molecule has 2 aliphatic rings. The van der Waals surface area contributed by atoms with E-state index < -0.39 is 53.3 Å². The standard InChI is InChI=1S/C31H24F9N3O3S/c1-45-25-14-18(6-9-24(25)46-17-19-7-8-20(29(32,33)34)16-22(19)31(38,39)40)15-26-27(44)41-28(47-26)43-12-10-42(11-13-43)23-5-3-2-4-21(23)30(35,36)37/h2-9,14-16H,10-13,17H2,1H3/b26-15+. The molecule has 0 aliphatic carbocycles. The number of piperazine rings is 1. The molecule has 0 radical (unpaired) electrons. The first-order chi connectivity index (χ1) is 22.0. The number of amidine groups is 1. The van der Waals surface area contributed by atoms with Gasteiger partial charge in [-0.2, -0.15) is 44.5 Å². The number of ether oxygens (including phenoxy) is 2. The lowest BCUT2D eigenvalue weighted by atomic mass is 10.0. The van der Waals surface area contributed by atoms with Crippen LogP contribution < -0.4 is 14.4 Å². The van der Waals surface area contributed by atoms with Crippen LogP contribution >= 0.6 is 11.8 Å². The zero-order valence-electron chi connectivity index (χ0n) is 24.3. The Kier molecular flexibility index (Phi) is 9.44. The lowest BCUT2D eigenvalue weighted by Crippen LogP contribution is -2.48. The number of anilines is 1. The second-order valence-electron chi connectivity index (χ2n) is 10.4. The third-order valence-corrected chi connectivity index (χ3v) is 8.37. The molecule has 0 bridgehead atoms. The van der Waals surface area contributed by atoms with Crippen molar-refractivity contribution in [2.24, 2.45) is 4.99 Å². The summed E-state index contributed by atoms with van der Waals surface area (Å²) in [7, 11) is 1.28. The predicted molar refractivity (Wildman–Crippen MR) is 157 cm³/mol. The number of methoxy groups -OCH3 is 1. The van der Waals surface area contributed by atoms with Crippen molar-refractivity contribution in [2.75, 3.05) is 38.2 Å². The molecule has 2 heterocycles. The van der Waals surface area contributed by atoms with Gasteiger partial charge in [-0.15, -0.1) is 0 Å². The number of benzene rings is 3. The van der Waals surface area contributed by atoms with Gasteiger partial charge in [-0.3, -0.25) is 4.79 Å². The number of para-hydroxylation sites is 1. The first-order valence-corrected chi connectivity index (χ1v) is 14.6. The number of alkyl halides is 9. The van der Waals surface area contributed by atoms with Crippen LogP contribution in [0.5, 0.6) is 11.5 Å². The first-order valence-electron chi connectivity index (χ1n) is 13.8. The predicted octanol–water partition coefficient (Wildman–Crippen LogP) is 8.12. The molecule has 3 aromatic carbocycles. The quantitative estimate of drug-likeness (QED) is 0.193. The minimum absolute atomic E-state index is 0.00924. The zero-order valence-corrected chi connectivity index (χ0v) is 25.1. The number of aliphatic imine (C=N–C) groups is 1. The Bertz CT molecular complexity index is 1710. The van der Waals surface area contributed by atoms with E-state index in [2.05, 4.69) is 4.99 Å². The summed E-state index contributed by atoms with van der Waals surface area (Å²) in [5.41, 5.74) is -3.61. The lowest BCUT2D eigenvalue weighted by molar-refractivity contribution is -0.143. The van der Waals surface area contributed by atoms with E-state index in [1.54, 1.807) is 11.0 Å². The minimum atomic E-state index is -5.06. The van der Waals surface area contributed by atoms with Crippen molar-refractivity contribution in [1.29, 1.82) is 0 Å². The molecule has 47 heavy (non-hydrogen) atoms. The number of hydrogen-bond acceptors (Lipinski definition) is 6. The van der Waals surface area contributed by atoms with Gasteiger partial charge in [0.05, 0.1) is 28.7 Å². The highest BCUT2D eigenvalue weighted by molar-refractivity contribution is 8.18. The van der Waals surface area contributed by atoms with Gasteiger partial charge in [0, 0.05) is 37.4 Å². The van der Waals surface area contributed by atoms with Crippen molar-refractivity contribution in [3.8, 4) is 11.5 Å². The maximum Gasteiger partial charge on any atom is 0.418 e. The van der Waals surface area contributed by atoms with E-state index in [-0.39, 0.29) is 41.2 Å². The monoisotopic (exact) mass is 689 g/mol. The molecule has 0 spiro atoms. The number of thioether (sulfide) groups is 1. The molecule has 1 saturated heterocycles. The van der Waals surface area contributed by atoms with Gasteiger partial charge in [-0.1, -0.05) is 24.3 Å². The van der Waals surface area contributed by atoms with Gasteiger partial charge in [-0.25, -0.2) is 0 Å². The molecule has 0 atom stereocenters. The molecule has 0 aromatic heterocycles. The van der Waals surface area contributed by atoms with Crippen molar-refractivity contribution in [3.63, 3.8) is 0 Å². The summed E-state index contributed by atoms with van der Waals surface area (Å²) in [5.74, 6) is -0.433. The third-order valence-electron chi connectivity index (χ3n) is 7.32. The molecule has 6 nitrogen and oxygen atoms in total. The number of carbonyl (C=O) groups is 1. The first kappa shape index (κ1) is 34.0. The largest absolute Gasteiger partial charge is 0.493 e. The lowest BCUT2D eigenvalue weighted by Gasteiger charge is -2.37. The second kappa shape index (κ2) is 13.0. The summed E-state index contributed by atoms with van der Waals surface area (Å²) in [6, 6.07) is 11.0. The summed E-state index contributed by atoms with van der Waals surface area (Å²) in [6.07, 6.45) is -13.0. The van der Waals surface area contributed by atoms with E-state index >= 15 is 0 Å². The Hall–Kier alpha value is -4.34. The van der Waals surface area contributed by atoms with Gasteiger partial charge in [0.15, 0.2) is 16.7 Å². The van der Waals surface area contributed by atoms with Crippen LogP contribution in [0.3, 0.4) is 0 Å². The van der Waals surface area contributed by atoms with Gasteiger partial charge < -0.3 is 19.3 Å². The normalized spacial score (nSPS) is 16.9. The molecule has 0 saturated carbocycles. The highest BCUT2D eigenvalue weighted by Gasteiger charge is 2.39. The topological polar surface area (TPSA) is 54.4 Å². The Morgan fingerprint density at radius 2 is 1.45 bits per heavy atom. The second-order valence-corrected chi connectivity index (χ2v) is 11.4. The van der Waals surface area contributed by atoms with Gasteiger partial charge in [0.2, 0.25) is 0 Å². The van der Waals surface area contributed by atoms with Crippen LogP contribution in [0.1, 0.15) is 27.8 Å². The van der Waals surface area contributed by atoms with E-state index in [1.165, 1.54) is 43.5 Å². The molecule has 16 heteroatoms. The molecule has 5 rings (SSSR count). The molecule has 1 amide bonds. The summed E-state index contributed by atoms with van der Waals surface area (Å²) in [6.45, 7) is 0.496. The molecular formula is C31H24F9N3O3S. The summed E-state index contributed by atoms with van der Waals surface area (Å²) in [4.78, 5) is 20.5. The Morgan fingerprint density at radius 1 is 0.787 bits per heavy atom. The summed E-state index contributed by atoms with van der Waals surface area (Å²) < 4.78 is 131. The minimum Gasteiger partial charge on any atom is -0.493 e. The number of rotatable bonds is 6. The Labute approximate surface area is 266 Å². The highest BCUT2D eigenvalue weighted by Crippen LogP contribution is 2.40. The Balaban J connectivity index is 1.24. The van der Waals surface area contributed by atoms with Crippen molar-refractivity contribution < 1.29 is 53.8 Å². The van der Waals surface area contributed by atoms with Crippen molar-refractivity contribution in [3.05, 3.63) is 93.4 Å². The molecular weight excluding hydrogens is 665 g/mol. The average Bonchev–Trinajstić information content (AvgIpc) is 3.38. The smallest absolute Gasteiger partial charge is 0.418 e. The van der Waals surface area contributed by atoms with E-state index in [1.807, 2.05) is 4.90 Å². The van der Waals surface area contributed by atoms with Crippen LogP contribution in [0.4, 0.5) is 45.2 Å². The molecule has 0 N–H and O–H groups in total.